The van der Waals surface area contributed by atoms with E-state index in [4.69, 9.17) is 9.47 Å². The molecule has 1 aliphatic rings. The van der Waals surface area contributed by atoms with E-state index in [1.165, 1.54) is 12.1 Å². The van der Waals surface area contributed by atoms with Crippen LogP contribution in [-0.4, -0.2) is 77.8 Å². The highest BCUT2D eigenvalue weighted by molar-refractivity contribution is 5.98. The van der Waals surface area contributed by atoms with Crippen molar-refractivity contribution in [3.05, 3.63) is 59.7 Å². The lowest BCUT2D eigenvalue weighted by Crippen LogP contribution is -2.60. The van der Waals surface area contributed by atoms with Crippen LogP contribution in [0.15, 0.2) is 42.6 Å². The number of rotatable bonds is 7. The number of nitrogens with zero attached hydrogens (tertiary/aromatic N) is 2. The first-order valence-corrected chi connectivity index (χ1v) is 12.4. The largest absolute Gasteiger partial charge is 0.479 e. The second-order valence-electron chi connectivity index (χ2n) is 9.88. The lowest BCUT2D eigenvalue weighted by Gasteiger charge is -2.37. The van der Waals surface area contributed by atoms with E-state index >= 15 is 0 Å². The van der Waals surface area contributed by atoms with Crippen molar-refractivity contribution in [2.45, 2.75) is 63.3 Å². The predicted octanol–water partition coefficient (Wildman–Crippen LogP) is 2.14. The zero-order chi connectivity index (χ0) is 28.0. The minimum Gasteiger partial charge on any atom is -0.479 e. The standard InChI is InChI=1S/C27H28FN3O8/c1-12(2)21-16(7-8-20(32)38-27-24(35)22(33)23(34)25(39-27)26(36)37)17-10-18-13(11-29-30-18)9-19(17)31(21)15-5-3-14(28)4-6-15/h3-6,9-12,22-25,27,33-35H,7-8H2,1-2H3,(H,29,30)(H,36,37). The summed E-state index contributed by atoms with van der Waals surface area (Å²) in [4.78, 5) is 24.2. The van der Waals surface area contributed by atoms with Gasteiger partial charge in [-0.1, -0.05) is 13.8 Å². The van der Waals surface area contributed by atoms with Gasteiger partial charge in [-0.25, -0.2) is 9.18 Å². The number of aryl methyl sites for hydroxylation is 1. The van der Waals surface area contributed by atoms with Crippen LogP contribution in [0.5, 0.6) is 0 Å². The molecule has 2 aromatic carbocycles. The summed E-state index contributed by atoms with van der Waals surface area (Å²) in [6, 6.07) is 10.0. The van der Waals surface area contributed by atoms with Crippen LogP contribution in [0, 0.1) is 5.82 Å². The fraction of sp³-hybridized carbons (Fsp3) is 0.370. The Labute approximate surface area is 221 Å². The van der Waals surface area contributed by atoms with Crippen molar-refractivity contribution in [1.29, 1.82) is 0 Å². The first kappa shape index (κ1) is 26.8. The summed E-state index contributed by atoms with van der Waals surface area (Å²) in [6.07, 6.45) is -7.49. The highest BCUT2D eigenvalue weighted by Crippen LogP contribution is 2.37. The second-order valence-corrected chi connectivity index (χ2v) is 9.88. The molecule has 1 saturated heterocycles. The van der Waals surface area contributed by atoms with Crippen molar-refractivity contribution in [3.63, 3.8) is 0 Å². The number of ether oxygens (including phenoxy) is 2. The maximum Gasteiger partial charge on any atom is 0.335 e. The molecule has 0 amide bonds. The molecule has 12 heteroatoms. The van der Waals surface area contributed by atoms with Gasteiger partial charge < -0.3 is 34.5 Å². The molecule has 0 radical (unpaired) electrons. The molecule has 5 rings (SSSR count). The summed E-state index contributed by atoms with van der Waals surface area (Å²) in [5, 5.41) is 48.0. The van der Waals surface area contributed by atoms with E-state index in [0.29, 0.717) is 0 Å². The number of fused-ring (bicyclic) bond motifs is 2. The molecule has 2 aromatic heterocycles. The van der Waals surface area contributed by atoms with Crippen molar-refractivity contribution in [3.8, 4) is 5.69 Å². The molecule has 1 fully saturated rings. The molecule has 206 valence electrons. The molecule has 5 atom stereocenters. The number of carboxylic acid groups (broad SMARTS) is 1. The normalized spacial score (nSPS) is 23.5. The molecule has 0 saturated carbocycles. The highest BCUT2D eigenvalue weighted by Gasteiger charge is 2.48. The number of carboxylic acids is 1. The zero-order valence-electron chi connectivity index (χ0n) is 21.1. The van der Waals surface area contributed by atoms with Crippen LogP contribution in [0.2, 0.25) is 0 Å². The molecule has 11 nitrogen and oxygen atoms in total. The molecular formula is C27H28FN3O8. The number of aliphatic carboxylic acids is 1. The van der Waals surface area contributed by atoms with Crippen LogP contribution in [0.1, 0.15) is 37.4 Å². The summed E-state index contributed by atoms with van der Waals surface area (Å²) >= 11 is 0. The van der Waals surface area contributed by atoms with Crippen LogP contribution in [0.3, 0.4) is 0 Å². The molecule has 39 heavy (non-hydrogen) atoms. The molecule has 0 aliphatic carbocycles. The van der Waals surface area contributed by atoms with Gasteiger partial charge in [0.15, 0.2) is 6.10 Å². The smallest absolute Gasteiger partial charge is 0.335 e. The van der Waals surface area contributed by atoms with Gasteiger partial charge in [0.1, 0.15) is 24.1 Å². The fourth-order valence-electron chi connectivity index (χ4n) is 5.11. The van der Waals surface area contributed by atoms with E-state index in [-0.39, 0.29) is 24.6 Å². The van der Waals surface area contributed by atoms with E-state index in [9.17, 15) is 34.4 Å². The molecular weight excluding hydrogens is 513 g/mol. The third-order valence-corrected chi connectivity index (χ3v) is 6.94. The maximum absolute atomic E-state index is 13.7. The van der Waals surface area contributed by atoms with Gasteiger partial charge >= 0.3 is 11.9 Å². The van der Waals surface area contributed by atoms with E-state index in [2.05, 4.69) is 10.2 Å². The molecule has 5 N–H and O–H groups in total. The Hall–Kier alpha value is -3.84. The van der Waals surface area contributed by atoms with Crippen LogP contribution >= 0.6 is 0 Å². The van der Waals surface area contributed by atoms with Crippen molar-refractivity contribution in [2.75, 3.05) is 0 Å². The van der Waals surface area contributed by atoms with Crippen molar-refractivity contribution >= 4 is 33.7 Å². The number of carbonyl (C=O) groups is 2. The van der Waals surface area contributed by atoms with Gasteiger partial charge in [-0.15, -0.1) is 0 Å². The number of carbonyl (C=O) groups excluding carboxylic acids is 1. The van der Waals surface area contributed by atoms with Gasteiger partial charge in [-0.2, -0.15) is 5.10 Å². The SMILES string of the molecule is CC(C)c1c(CCC(=O)OC2OC(C(=O)O)C(O)C(O)C2O)c2cc3[nH]ncc3cc2n1-c1ccc(F)cc1. The number of benzene rings is 2. The topological polar surface area (TPSA) is 167 Å². The average Bonchev–Trinajstić information content (AvgIpc) is 3.48. The molecule has 1 aliphatic heterocycles. The Bertz CT molecular complexity index is 1530. The highest BCUT2D eigenvalue weighted by atomic mass is 19.1. The summed E-state index contributed by atoms with van der Waals surface area (Å²) in [7, 11) is 0. The summed E-state index contributed by atoms with van der Waals surface area (Å²) < 4.78 is 26.0. The van der Waals surface area contributed by atoms with Crippen molar-refractivity contribution in [1.82, 2.24) is 14.8 Å². The zero-order valence-corrected chi connectivity index (χ0v) is 21.1. The molecule has 0 bridgehead atoms. The number of aromatic nitrogens is 3. The average molecular weight is 542 g/mol. The Kier molecular flexibility index (Phi) is 7.12. The lowest BCUT2D eigenvalue weighted by molar-refractivity contribution is -0.286. The molecule has 3 heterocycles. The molecule has 4 aromatic rings. The Morgan fingerprint density at radius 3 is 2.51 bits per heavy atom. The minimum atomic E-state index is -1.89. The Balaban J connectivity index is 1.48. The monoisotopic (exact) mass is 541 g/mol. The number of nitrogens with one attached hydrogen (secondary N) is 1. The quantitative estimate of drug-likeness (QED) is 0.220. The number of aliphatic hydroxyl groups excluding tert-OH is 3. The third-order valence-electron chi connectivity index (χ3n) is 6.94. The van der Waals surface area contributed by atoms with E-state index in [1.54, 1.807) is 18.3 Å². The van der Waals surface area contributed by atoms with E-state index in [1.807, 2.05) is 30.5 Å². The minimum absolute atomic E-state index is 0.00130. The van der Waals surface area contributed by atoms with Gasteiger partial charge in [0.25, 0.3) is 0 Å². The number of H-pyrrole nitrogens is 1. The first-order valence-electron chi connectivity index (χ1n) is 12.4. The third kappa shape index (κ3) is 4.87. The fourth-order valence-corrected chi connectivity index (χ4v) is 5.11. The van der Waals surface area contributed by atoms with Crippen LogP contribution in [-0.2, 0) is 25.5 Å². The number of aliphatic hydroxyl groups is 3. The van der Waals surface area contributed by atoms with Crippen LogP contribution < -0.4 is 0 Å². The van der Waals surface area contributed by atoms with Crippen LogP contribution in [0.25, 0.3) is 27.5 Å². The van der Waals surface area contributed by atoms with Gasteiger partial charge in [0, 0.05) is 28.6 Å². The molecule has 0 spiro atoms. The van der Waals surface area contributed by atoms with Gasteiger partial charge in [-0.3, -0.25) is 9.89 Å². The van der Waals surface area contributed by atoms with Crippen molar-refractivity contribution in [2.24, 2.45) is 0 Å². The number of hydrogen-bond acceptors (Lipinski definition) is 8. The number of esters is 1. The Morgan fingerprint density at radius 2 is 1.85 bits per heavy atom. The van der Waals surface area contributed by atoms with Gasteiger partial charge in [0.05, 0.1) is 17.2 Å². The van der Waals surface area contributed by atoms with Crippen molar-refractivity contribution < 1.29 is 43.9 Å². The summed E-state index contributed by atoms with van der Waals surface area (Å²) in [6.45, 7) is 4.02. The van der Waals surface area contributed by atoms with E-state index in [0.717, 1.165) is 38.8 Å². The first-order chi connectivity index (χ1) is 18.6. The van der Waals surface area contributed by atoms with Gasteiger partial charge in [0.2, 0.25) is 6.29 Å². The second kappa shape index (κ2) is 10.4. The number of aromatic amines is 1. The maximum atomic E-state index is 13.7. The number of hydrogen-bond donors (Lipinski definition) is 5. The number of halogens is 1. The van der Waals surface area contributed by atoms with Crippen LogP contribution in [0.4, 0.5) is 4.39 Å². The Morgan fingerprint density at radius 1 is 1.13 bits per heavy atom. The summed E-state index contributed by atoms with van der Waals surface area (Å²) in [5.41, 5.74) is 4.14. The summed E-state index contributed by atoms with van der Waals surface area (Å²) in [5.74, 6) is -2.74. The van der Waals surface area contributed by atoms with E-state index < -0.39 is 42.6 Å². The molecule has 5 unspecified atom stereocenters. The van der Waals surface area contributed by atoms with Gasteiger partial charge in [-0.05, 0) is 54.3 Å². The lowest BCUT2D eigenvalue weighted by atomic mass is 9.98. The predicted molar refractivity (Wildman–Crippen MR) is 136 cm³/mol.